The number of hydrogen-bond donors (Lipinski definition) is 1. The van der Waals surface area contributed by atoms with Gasteiger partial charge in [0.05, 0.1) is 10.5 Å². The molecule has 0 amide bonds. The zero-order valence-corrected chi connectivity index (χ0v) is 11.7. The van der Waals surface area contributed by atoms with Crippen LogP contribution >= 0.6 is 0 Å². The summed E-state index contributed by atoms with van der Waals surface area (Å²) in [5.74, 6) is 1.61. The van der Waals surface area contributed by atoms with Gasteiger partial charge in [-0.3, -0.25) is 10.1 Å². The molecular formula is C15H16N4O2. The largest absolute Gasteiger partial charge is 0.370 e. The van der Waals surface area contributed by atoms with E-state index in [1.807, 2.05) is 13.0 Å². The number of rotatable bonds is 5. The molecule has 1 aromatic heterocycles. The zero-order chi connectivity index (χ0) is 14.8. The summed E-state index contributed by atoms with van der Waals surface area (Å²) in [6, 6.07) is 8.54. The maximum Gasteiger partial charge on any atom is 0.280 e. The van der Waals surface area contributed by atoms with Crippen molar-refractivity contribution in [2.24, 2.45) is 0 Å². The molecule has 1 aliphatic rings. The first kappa shape index (κ1) is 13.5. The van der Waals surface area contributed by atoms with Gasteiger partial charge in [-0.15, -0.1) is 0 Å². The molecule has 0 aliphatic heterocycles. The van der Waals surface area contributed by atoms with Gasteiger partial charge in [-0.1, -0.05) is 12.1 Å². The second kappa shape index (κ2) is 5.47. The van der Waals surface area contributed by atoms with Crippen LogP contribution in [0.1, 0.15) is 31.4 Å². The number of nitrogens with zero attached hydrogens (tertiary/aromatic N) is 3. The lowest BCUT2D eigenvalue weighted by molar-refractivity contribution is -0.384. The third-order valence-corrected chi connectivity index (χ3v) is 3.44. The van der Waals surface area contributed by atoms with Gasteiger partial charge in [0.1, 0.15) is 5.82 Å². The van der Waals surface area contributed by atoms with Crippen LogP contribution in [-0.4, -0.2) is 21.4 Å². The molecule has 1 aromatic carbocycles. The van der Waals surface area contributed by atoms with Crippen molar-refractivity contribution in [3.8, 4) is 11.4 Å². The van der Waals surface area contributed by atoms with Crippen molar-refractivity contribution >= 4 is 11.5 Å². The van der Waals surface area contributed by atoms with E-state index in [-0.39, 0.29) is 5.69 Å². The predicted molar refractivity (Wildman–Crippen MR) is 80.3 cm³/mol. The summed E-state index contributed by atoms with van der Waals surface area (Å²) in [7, 11) is 0. The third-order valence-electron chi connectivity index (χ3n) is 3.44. The fourth-order valence-corrected chi connectivity index (χ4v) is 2.27. The number of para-hydroxylation sites is 1. The van der Waals surface area contributed by atoms with Crippen LogP contribution in [0.3, 0.4) is 0 Å². The van der Waals surface area contributed by atoms with Gasteiger partial charge in [0.25, 0.3) is 5.69 Å². The van der Waals surface area contributed by atoms with Crippen molar-refractivity contribution in [3.05, 3.63) is 46.1 Å². The SMILES string of the molecule is CCNc1cc(C2CC2)nc(-c2ccccc2[N+](=O)[O-])n1. The Morgan fingerprint density at radius 2 is 2.10 bits per heavy atom. The molecule has 1 heterocycles. The van der Waals surface area contributed by atoms with Crippen LogP contribution in [0.4, 0.5) is 11.5 Å². The van der Waals surface area contributed by atoms with Gasteiger partial charge >= 0.3 is 0 Å². The van der Waals surface area contributed by atoms with E-state index in [1.54, 1.807) is 18.2 Å². The fourth-order valence-electron chi connectivity index (χ4n) is 2.27. The summed E-state index contributed by atoms with van der Waals surface area (Å²) < 4.78 is 0. The van der Waals surface area contributed by atoms with Gasteiger partial charge in [0, 0.05) is 30.3 Å². The molecule has 0 saturated heterocycles. The Morgan fingerprint density at radius 3 is 2.76 bits per heavy atom. The van der Waals surface area contributed by atoms with Crippen LogP contribution in [0.5, 0.6) is 0 Å². The number of aromatic nitrogens is 2. The Hall–Kier alpha value is -2.50. The van der Waals surface area contributed by atoms with Crippen LogP contribution in [-0.2, 0) is 0 Å². The highest BCUT2D eigenvalue weighted by Crippen LogP contribution is 2.40. The molecule has 0 spiro atoms. The summed E-state index contributed by atoms with van der Waals surface area (Å²) in [6.45, 7) is 2.74. The van der Waals surface area contributed by atoms with E-state index in [9.17, 15) is 10.1 Å². The van der Waals surface area contributed by atoms with Gasteiger partial charge in [-0.2, -0.15) is 0 Å². The average molecular weight is 284 g/mol. The van der Waals surface area contributed by atoms with Crippen molar-refractivity contribution in [3.63, 3.8) is 0 Å². The summed E-state index contributed by atoms with van der Waals surface area (Å²) in [5.41, 5.74) is 1.46. The zero-order valence-electron chi connectivity index (χ0n) is 11.7. The van der Waals surface area contributed by atoms with E-state index in [0.717, 1.165) is 30.9 Å². The van der Waals surface area contributed by atoms with Crippen LogP contribution in [0, 0.1) is 10.1 Å². The molecule has 0 bridgehead atoms. The molecular weight excluding hydrogens is 268 g/mol. The molecule has 21 heavy (non-hydrogen) atoms. The Kier molecular flexibility index (Phi) is 3.51. The summed E-state index contributed by atoms with van der Waals surface area (Å²) >= 11 is 0. The van der Waals surface area contributed by atoms with E-state index in [1.165, 1.54) is 6.07 Å². The van der Waals surface area contributed by atoms with Crippen molar-refractivity contribution in [2.45, 2.75) is 25.7 Å². The van der Waals surface area contributed by atoms with Gasteiger partial charge in [-0.25, -0.2) is 9.97 Å². The van der Waals surface area contributed by atoms with E-state index in [2.05, 4.69) is 15.3 Å². The quantitative estimate of drug-likeness (QED) is 0.672. The lowest BCUT2D eigenvalue weighted by Gasteiger charge is -2.09. The summed E-state index contributed by atoms with van der Waals surface area (Å²) in [6.07, 6.45) is 2.25. The van der Waals surface area contributed by atoms with Gasteiger partial charge in [0.2, 0.25) is 0 Å². The van der Waals surface area contributed by atoms with E-state index in [0.29, 0.717) is 17.3 Å². The third kappa shape index (κ3) is 2.84. The average Bonchev–Trinajstić information content (AvgIpc) is 3.32. The minimum absolute atomic E-state index is 0.0351. The second-order valence-electron chi connectivity index (χ2n) is 5.08. The standard InChI is InChI=1S/C15H16N4O2/c1-2-16-14-9-12(10-7-8-10)17-15(18-14)11-5-3-4-6-13(11)19(20)21/h3-6,9-10H,2,7-8H2,1H3,(H,16,17,18). The fraction of sp³-hybridized carbons (Fsp3) is 0.333. The maximum absolute atomic E-state index is 11.2. The van der Waals surface area contributed by atoms with E-state index in [4.69, 9.17) is 0 Å². The Labute approximate surface area is 122 Å². The normalized spacial score (nSPS) is 14.0. The molecule has 1 saturated carbocycles. The van der Waals surface area contributed by atoms with Crippen LogP contribution in [0.25, 0.3) is 11.4 Å². The van der Waals surface area contributed by atoms with Gasteiger partial charge in [-0.05, 0) is 25.8 Å². The Morgan fingerprint density at radius 1 is 1.33 bits per heavy atom. The molecule has 2 aromatic rings. The highest BCUT2D eigenvalue weighted by molar-refractivity contribution is 5.69. The summed E-state index contributed by atoms with van der Waals surface area (Å²) in [5, 5.41) is 14.3. The molecule has 0 atom stereocenters. The van der Waals surface area contributed by atoms with Gasteiger partial charge in [0.15, 0.2) is 5.82 Å². The number of nitrogens with one attached hydrogen (secondary N) is 1. The molecule has 108 valence electrons. The molecule has 0 radical (unpaired) electrons. The minimum Gasteiger partial charge on any atom is -0.370 e. The second-order valence-corrected chi connectivity index (χ2v) is 5.08. The monoisotopic (exact) mass is 284 g/mol. The number of benzene rings is 1. The topological polar surface area (TPSA) is 81.0 Å². The number of hydrogen-bond acceptors (Lipinski definition) is 5. The van der Waals surface area contributed by atoms with Crippen molar-refractivity contribution < 1.29 is 4.92 Å². The van der Waals surface area contributed by atoms with Gasteiger partial charge < -0.3 is 5.32 Å². The van der Waals surface area contributed by atoms with Crippen molar-refractivity contribution in [1.82, 2.24) is 9.97 Å². The van der Waals surface area contributed by atoms with Crippen LogP contribution < -0.4 is 5.32 Å². The van der Waals surface area contributed by atoms with Crippen LogP contribution in [0.2, 0.25) is 0 Å². The number of nitro groups is 1. The highest BCUT2D eigenvalue weighted by Gasteiger charge is 2.27. The van der Waals surface area contributed by atoms with Crippen molar-refractivity contribution in [2.75, 3.05) is 11.9 Å². The first-order valence-electron chi connectivity index (χ1n) is 7.05. The predicted octanol–water partition coefficient (Wildman–Crippen LogP) is 3.36. The number of anilines is 1. The molecule has 0 unspecified atom stereocenters. The molecule has 1 aliphatic carbocycles. The van der Waals surface area contributed by atoms with Crippen molar-refractivity contribution in [1.29, 1.82) is 0 Å². The summed E-state index contributed by atoms with van der Waals surface area (Å²) in [4.78, 5) is 19.7. The van der Waals surface area contributed by atoms with Crippen LogP contribution in [0.15, 0.2) is 30.3 Å². The lowest BCUT2D eigenvalue weighted by Crippen LogP contribution is -2.04. The minimum atomic E-state index is -0.393. The highest BCUT2D eigenvalue weighted by atomic mass is 16.6. The molecule has 1 N–H and O–H groups in total. The smallest absolute Gasteiger partial charge is 0.280 e. The van der Waals surface area contributed by atoms with E-state index < -0.39 is 4.92 Å². The molecule has 6 nitrogen and oxygen atoms in total. The first-order chi connectivity index (χ1) is 10.2. The molecule has 1 fully saturated rings. The Bertz CT molecular complexity index is 683. The van der Waals surface area contributed by atoms with E-state index >= 15 is 0 Å². The first-order valence-corrected chi connectivity index (χ1v) is 7.05. The molecule has 6 heteroatoms. The maximum atomic E-state index is 11.2. The molecule has 3 rings (SSSR count). The lowest BCUT2D eigenvalue weighted by atomic mass is 10.1. The number of nitro benzene ring substituents is 1. The Balaban J connectivity index is 2.10.